The van der Waals surface area contributed by atoms with Crippen LogP contribution < -0.4 is 11.2 Å². The number of carbonyl (C=O) groups is 1. The molecule has 0 fully saturated rings. The fourth-order valence-corrected chi connectivity index (χ4v) is 4.22. The number of halogens is 2. The highest BCUT2D eigenvalue weighted by Gasteiger charge is 2.23. The van der Waals surface area contributed by atoms with Gasteiger partial charge in [0.05, 0.1) is 6.04 Å². The Morgan fingerprint density at radius 3 is 2.50 bits per heavy atom. The topological polar surface area (TPSA) is 147 Å². The number of phenols is 2. The van der Waals surface area contributed by atoms with E-state index in [1.165, 1.54) is 12.1 Å². The van der Waals surface area contributed by atoms with Crippen LogP contribution in [-0.2, 0) is 11.2 Å². The average molecular weight is 492 g/mol. The molecule has 0 unspecified atom stereocenters. The monoisotopic (exact) mass is 492 g/mol. The standard InChI is InChI=1S/C26H18F2N2O6/c27-16-6-14-23(8-20(16)33)36-24-9-21(34)17(28)7-15(24)25(14)12-3-4-19(32)26-13(12)2-1-11(30-26)5-18(29)22(35)10-31/h1-4,6-9,18,31-33H,5,10,29H2/t18-/m0/s1. The summed E-state index contributed by atoms with van der Waals surface area (Å²) < 4.78 is 34.5. The molecule has 36 heavy (non-hydrogen) atoms. The van der Waals surface area contributed by atoms with E-state index >= 15 is 0 Å². The number of Topliss-reactive ketones (excluding diaryl/α,β-unsaturated/α-hetero) is 1. The number of rotatable bonds is 5. The first-order chi connectivity index (χ1) is 17.2. The number of aliphatic hydroxyl groups excluding tert-OH is 1. The number of ketones is 1. The number of fused-ring (bicyclic) bond motifs is 3. The molecule has 0 amide bonds. The third-order valence-corrected chi connectivity index (χ3v) is 6.00. The summed E-state index contributed by atoms with van der Waals surface area (Å²) in [4.78, 5) is 28.0. The predicted molar refractivity (Wildman–Crippen MR) is 127 cm³/mol. The molecule has 1 aromatic heterocycles. The van der Waals surface area contributed by atoms with E-state index in [9.17, 15) is 28.6 Å². The Hall–Kier alpha value is -4.41. The molecule has 0 radical (unpaired) electrons. The van der Waals surface area contributed by atoms with E-state index in [2.05, 4.69) is 4.98 Å². The molecule has 10 heteroatoms. The number of aliphatic hydroxyl groups is 1. The quantitative estimate of drug-likeness (QED) is 0.274. The van der Waals surface area contributed by atoms with E-state index in [0.29, 0.717) is 16.6 Å². The van der Waals surface area contributed by atoms with Crippen LogP contribution in [0.2, 0.25) is 0 Å². The molecule has 1 aliphatic carbocycles. The van der Waals surface area contributed by atoms with Gasteiger partial charge >= 0.3 is 0 Å². The van der Waals surface area contributed by atoms with E-state index in [1.807, 2.05) is 0 Å². The summed E-state index contributed by atoms with van der Waals surface area (Å²) >= 11 is 0. The number of pyridine rings is 1. The van der Waals surface area contributed by atoms with Gasteiger partial charge in [0.25, 0.3) is 0 Å². The van der Waals surface area contributed by atoms with Gasteiger partial charge in [0.15, 0.2) is 23.2 Å². The zero-order chi connectivity index (χ0) is 25.7. The molecule has 0 saturated heterocycles. The van der Waals surface area contributed by atoms with Gasteiger partial charge < -0.3 is 25.5 Å². The Bertz CT molecular complexity index is 1720. The summed E-state index contributed by atoms with van der Waals surface area (Å²) in [7, 11) is 0. The zero-order valence-corrected chi connectivity index (χ0v) is 18.5. The van der Waals surface area contributed by atoms with Crippen LogP contribution in [0, 0.1) is 11.6 Å². The van der Waals surface area contributed by atoms with Crippen molar-refractivity contribution in [3.8, 4) is 33.9 Å². The lowest BCUT2D eigenvalue weighted by molar-refractivity contribution is -0.122. The molecule has 0 bridgehead atoms. The van der Waals surface area contributed by atoms with Crippen LogP contribution >= 0.6 is 0 Å². The van der Waals surface area contributed by atoms with Gasteiger partial charge in [-0.1, -0.05) is 6.07 Å². The van der Waals surface area contributed by atoms with Crippen LogP contribution in [0.25, 0.3) is 44.3 Å². The Balaban J connectivity index is 1.82. The van der Waals surface area contributed by atoms with Crippen LogP contribution in [0.3, 0.4) is 0 Å². The van der Waals surface area contributed by atoms with Gasteiger partial charge in [-0.2, -0.15) is 0 Å². The SMILES string of the molecule is N[C@@H](Cc1ccc2c(-c3c4cc(F)c(=O)cc-4oc4cc(O)c(F)cc34)ccc(O)c2n1)C(=O)CO. The summed E-state index contributed by atoms with van der Waals surface area (Å²) in [5.74, 6) is -3.39. The Morgan fingerprint density at radius 1 is 0.972 bits per heavy atom. The van der Waals surface area contributed by atoms with Crippen molar-refractivity contribution in [1.29, 1.82) is 0 Å². The second-order valence-electron chi connectivity index (χ2n) is 8.32. The highest BCUT2D eigenvalue weighted by atomic mass is 19.1. The van der Waals surface area contributed by atoms with Gasteiger partial charge in [-0.25, -0.2) is 13.8 Å². The molecule has 3 aromatic rings. The molecule has 2 aliphatic rings. The van der Waals surface area contributed by atoms with Crippen LogP contribution in [0.15, 0.2) is 57.7 Å². The minimum Gasteiger partial charge on any atom is -0.506 e. The van der Waals surface area contributed by atoms with E-state index in [1.54, 1.807) is 12.1 Å². The summed E-state index contributed by atoms with van der Waals surface area (Å²) in [6, 6.07) is 9.12. The molecule has 0 spiro atoms. The van der Waals surface area contributed by atoms with Gasteiger partial charge in [-0.15, -0.1) is 0 Å². The van der Waals surface area contributed by atoms with Gasteiger partial charge in [0.2, 0.25) is 5.43 Å². The number of carbonyl (C=O) groups excluding carboxylic acids is 1. The van der Waals surface area contributed by atoms with Crippen molar-refractivity contribution in [2.75, 3.05) is 6.61 Å². The van der Waals surface area contributed by atoms with E-state index in [4.69, 9.17) is 15.3 Å². The summed E-state index contributed by atoms with van der Waals surface area (Å²) in [5, 5.41) is 30.0. The third kappa shape index (κ3) is 3.82. The first-order valence-corrected chi connectivity index (χ1v) is 10.8. The number of hydrogen-bond donors (Lipinski definition) is 4. The normalized spacial score (nSPS) is 12.4. The fraction of sp³-hybridized carbons (Fsp3) is 0.115. The molecule has 182 valence electrons. The molecule has 5 N–H and O–H groups in total. The number of aromatic hydroxyl groups is 2. The van der Waals surface area contributed by atoms with Crippen molar-refractivity contribution in [3.05, 3.63) is 76.1 Å². The number of nitrogens with zero attached hydrogens (tertiary/aromatic N) is 1. The van der Waals surface area contributed by atoms with Crippen LogP contribution in [0.1, 0.15) is 5.69 Å². The lowest BCUT2D eigenvalue weighted by Crippen LogP contribution is -2.34. The largest absolute Gasteiger partial charge is 0.506 e. The Morgan fingerprint density at radius 2 is 1.75 bits per heavy atom. The maximum Gasteiger partial charge on any atom is 0.217 e. The van der Waals surface area contributed by atoms with Crippen molar-refractivity contribution in [2.45, 2.75) is 12.5 Å². The van der Waals surface area contributed by atoms with Crippen molar-refractivity contribution in [1.82, 2.24) is 4.98 Å². The van der Waals surface area contributed by atoms with E-state index in [-0.39, 0.29) is 45.5 Å². The summed E-state index contributed by atoms with van der Waals surface area (Å²) in [6.07, 6.45) is 0.0110. The smallest absolute Gasteiger partial charge is 0.217 e. The Kier molecular flexibility index (Phi) is 5.62. The Labute approximate surface area is 201 Å². The molecule has 1 atom stereocenters. The van der Waals surface area contributed by atoms with Gasteiger partial charge in [0.1, 0.15) is 29.2 Å². The van der Waals surface area contributed by atoms with Crippen molar-refractivity contribution < 1.29 is 33.3 Å². The third-order valence-electron chi connectivity index (χ3n) is 6.00. The molecule has 2 heterocycles. The number of benzene rings is 3. The second-order valence-corrected chi connectivity index (χ2v) is 8.32. The number of hydrogen-bond acceptors (Lipinski definition) is 8. The van der Waals surface area contributed by atoms with Crippen LogP contribution in [0.5, 0.6) is 11.5 Å². The van der Waals surface area contributed by atoms with Crippen molar-refractivity contribution in [2.24, 2.45) is 5.73 Å². The van der Waals surface area contributed by atoms with E-state index in [0.717, 1.165) is 24.3 Å². The minimum atomic E-state index is -1.04. The average Bonchev–Trinajstić information content (AvgIpc) is 2.85. The number of nitrogens with two attached hydrogens (primary N) is 1. The summed E-state index contributed by atoms with van der Waals surface area (Å²) in [6.45, 7) is -0.711. The van der Waals surface area contributed by atoms with E-state index < -0.39 is 41.2 Å². The molecular formula is C26H18F2N2O6. The highest BCUT2D eigenvalue weighted by Crippen LogP contribution is 2.44. The van der Waals surface area contributed by atoms with Gasteiger partial charge in [-0.05, 0) is 35.9 Å². The van der Waals surface area contributed by atoms with Crippen molar-refractivity contribution >= 4 is 27.7 Å². The van der Waals surface area contributed by atoms with Crippen molar-refractivity contribution in [3.63, 3.8) is 0 Å². The maximum absolute atomic E-state index is 14.4. The van der Waals surface area contributed by atoms with Gasteiger partial charge in [-0.3, -0.25) is 9.59 Å². The fourth-order valence-electron chi connectivity index (χ4n) is 4.22. The maximum atomic E-state index is 14.4. The number of aromatic nitrogens is 1. The lowest BCUT2D eigenvalue weighted by Gasteiger charge is -2.18. The lowest BCUT2D eigenvalue weighted by atomic mass is 9.90. The van der Waals surface area contributed by atoms with Crippen LogP contribution in [-0.4, -0.2) is 38.7 Å². The number of phenolic OH excluding ortho intramolecular Hbond substituents is 2. The molecular weight excluding hydrogens is 474 g/mol. The highest BCUT2D eigenvalue weighted by molar-refractivity contribution is 6.09. The second kappa shape index (κ2) is 8.67. The molecule has 2 aromatic carbocycles. The molecule has 0 saturated carbocycles. The first-order valence-electron chi connectivity index (χ1n) is 10.8. The van der Waals surface area contributed by atoms with Gasteiger partial charge in [0, 0.05) is 46.1 Å². The minimum absolute atomic E-state index is 0.00852. The molecule has 8 nitrogen and oxygen atoms in total. The summed E-state index contributed by atoms with van der Waals surface area (Å²) in [5.41, 5.74) is 6.31. The zero-order valence-electron chi connectivity index (χ0n) is 18.5. The molecule has 1 aliphatic heterocycles. The molecule has 5 rings (SSSR count). The first kappa shape index (κ1) is 23.3. The predicted octanol–water partition coefficient (Wildman–Crippen LogP) is 3.23. The van der Waals surface area contributed by atoms with Crippen LogP contribution in [0.4, 0.5) is 8.78 Å².